The number of benzene rings is 1. The fraction of sp³-hybridized carbons (Fsp3) is 0.263. The summed E-state index contributed by atoms with van der Waals surface area (Å²) in [6.07, 6.45) is 3.58. The largest absolute Gasteiger partial charge is 0.522 e. The van der Waals surface area contributed by atoms with E-state index in [9.17, 15) is 19.2 Å². The average molecular weight is 387 g/mol. The Bertz CT molecular complexity index is 943. The monoisotopic (exact) mass is 387 g/mol. The molecule has 146 valence electrons. The van der Waals surface area contributed by atoms with Crippen molar-refractivity contribution in [3.05, 3.63) is 35.7 Å². The van der Waals surface area contributed by atoms with Gasteiger partial charge in [-0.3, -0.25) is 19.3 Å². The first kappa shape index (κ1) is 19.2. The fourth-order valence-corrected chi connectivity index (χ4v) is 2.89. The van der Waals surface area contributed by atoms with E-state index in [1.807, 2.05) is 6.08 Å². The standard InChI is InChI=1S/C19H17NO8/c1-10(21)20-13-6-4-5-7-15(13)27-17-14(20)8-9-16(25-11(2)22)18(17)28-19(24)26-12(3)23/h4,6,8-9H,5,7H2,1-3H3. The molecule has 0 fully saturated rings. The van der Waals surface area contributed by atoms with E-state index >= 15 is 0 Å². The van der Waals surface area contributed by atoms with Gasteiger partial charge in [-0.05, 0) is 24.6 Å². The van der Waals surface area contributed by atoms with E-state index in [1.165, 1.54) is 30.9 Å². The summed E-state index contributed by atoms with van der Waals surface area (Å²) >= 11 is 0. The maximum atomic E-state index is 12.3. The van der Waals surface area contributed by atoms with Crippen molar-refractivity contribution in [3.63, 3.8) is 0 Å². The maximum absolute atomic E-state index is 12.3. The lowest BCUT2D eigenvalue weighted by atomic mass is 10.1. The molecule has 0 radical (unpaired) electrons. The number of hydrogen-bond acceptors (Lipinski definition) is 8. The lowest BCUT2D eigenvalue weighted by Crippen LogP contribution is -2.33. The van der Waals surface area contributed by atoms with E-state index in [0.717, 1.165) is 6.92 Å². The molecule has 0 saturated heterocycles. The third-order valence-corrected chi connectivity index (χ3v) is 3.84. The summed E-state index contributed by atoms with van der Waals surface area (Å²) in [5.74, 6) is -1.72. The van der Waals surface area contributed by atoms with E-state index in [2.05, 4.69) is 4.74 Å². The molecule has 0 atom stereocenters. The summed E-state index contributed by atoms with van der Waals surface area (Å²) in [5.41, 5.74) is 0.864. The highest BCUT2D eigenvalue weighted by Crippen LogP contribution is 2.50. The topological polar surface area (TPSA) is 108 Å². The lowest BCUT2D eigenvalue weighted by molar-refractivity contribution is -0.136. The Balaban J connectivity index is 2.13. The highest BCUT2D eigenvalue weighted by atomic mass is 16.7. The van der Waals surface area contributed by atoms with Gasteiger partial charge in [0.1, 0.15) is 5.76 Å². The van der Waals surface area contributed by atoms with E-state index in [0.29, 0.717) is 30.0 Å². The molecule has 0 spiro atoms. The predicted octanol–water partition coefficient (Wildman–Crippen LogP) is 2.98. The second-order valence-electron chi connectivity index (χ2n) is 5.99. The Morgan fingerprint density at radius 1 is 1.04 bits per heavy atom. The smallest absolute Gasteiger partial charge is 0.453 e. The van der Waals surface area contributed by atoms with Gasteiger partial charge in [-0.25, -0.2) is 4.79 Å². The highest BCUT2D eigenvalue weighted by molar-refractivity contribution is 5.99. The van der Waals surface area contributed by atoms with Gasteiger partial charge in [0.2, 0.25) is 11.7 Å². The zero-order chi connectivity index (χ0) is 20.4. The quantitative estimate of drug-likeness (QED) is 0.330. The van der Waals surface area contributed by atoms with Crippen molar-refractivity contribution < 1.29 is 38.1 Å². The number of esters is 2. The van der Waals surface area contributed by atoms with Crippen LogP contribution in [0.4, 0.5) is 10.5 Å². The molecule has 1 aliphatic carbocycles. The Morgan fingerprint density at radius 3 is 2.43 bits per heavy atom. The molecule has 9 heteroatoms. The van der Waals surface area contributed by atoms with E-state index in [4.69, 9.17) is 14.2 Å². The van der Waals surface area contributed by atoms with Gasteiger partial charge in [-0.15, -0.1) is 0 Å². The molecule has 0 aromatic heterocycles. The molecule has 0 N–H and O–H groups in total. The molecule has 9 nitrogen and oxygen atoms in total. The van der Waals surface area contributed by atoms with Crippen molar-refractivity contribution in [2.45, 2.75) is 33.6 Å². The first-order valence-electron chi connectivity index (χ1n) is 8.41. The first-order valence-corrected chi connectivity index (χ1v) is 8.41. The van der Waals surface area contributed by atoms with Crippen LogP contribution in [-0.4, -0.2) is 24.0 Å². The SMILES string of the molecule is CC(=O)OC(=O)Oc1c(OC(C)=O)ccc2c1OC1=C(C=CCC1)N2C(C)=O. The third-order valence-electron chi connectivity index (χ3n) is 3.84. The first-order chi connectivity index (χ1) is 13.3. The van der Waals surface area contributed by atoms with Crippen molar-refractivity contribution >= 4 is 29.7 Å². The molecule has 1 aliphatic heterocycles. The lowest BCUT2D eigenvalue weighted by Gasteiger charge is -2.33. The molecule has 0 saturated carbocycles. The van der Waals surface area contributed by atoms with Crippen molar-refractivity contribution in [1.29, 1.82) is 0 Å². The predicted molar refractivity (Wildman–Crippen MR) is 94.7 cm³/mol. The zero-order valence-electron chi connectivity index (χ0n) is 15.4. The molecule has 2 aliphatic rings. The molecule has 1 aromatic rings. The minimum atomic E-state index is -1.32. The zero-order valence-corrected chi connectivity index (χ0v) is 15.4. The second-order valence-corrected chi connectivity index (χ2v) is 5.99. The molecule has 0 unspecified atom stereocenters. The number of carbonyl (C=O) groups is 4. The molecule has 1 aromatic carbocycles. The Kier molecular flexibility index (Phi) is 5.16. The number of rotatable bonds is 2. The van der Waals surface area contributed by atoms with Crippen LogP contribution in [-0.2, 0) is 19.1 Å². The number of anilines is 1. The van der Waals surface area contributed by atoms with Crippen LogP contribution in [0.5, 0.6) is 17.2 Å². The van der Waals surface area contributed by atoms with Crippen molar-refractivity contribution in [3.8, 4) is 17.2 Å². The van der Waals surface area contributed by atoms with Crippen LogP contribution in [0, 0.1) is 0 Å². The molecule has 3 rings (SSSR count). The van der Waals surface area contributed by atoms with Crippen LogP contribution >= 0.6 is 0 Å². The molecule has 28 heavy (non-hydrogen) atoms. The van der Waals surface area contributed by atoms with Gasteiger partial charge in [0, 0.05) is 27.2 Å². The minimum Gasteiger partial charge on any atom is -0.453 e. The number of hydrogen-bond donors (Lipinski definition) is 0. The second kappa shape index (κ2) is 7.55. The van der Waals surface area contributed by atoms with Gasteiger partial charge in [0.05, 0.1) is 11.4 Å². The Labute approximate surface area is 160 Å². The third kappa shape index (κ3) is 3.73. The summed E-state index contributed by atoms with van der Waals surface area (Å²) in [7, 11) is 0. The number of fused-ring (bicyclic) bond motifs is 1. The van der Waals surface area contributed by atoms with Gasteiger partial charge in [-0.1, -0.05) is 6.08 Å². The van der Waals surface area contributed by atoms with E-state index in [1.54, 1.807) is 6.08 Å². The van der Waals surface area contributed by atoms with Crippen molar-refractivity contribution in [2.24, 2.45) is 0 Å². The summed E-state index contributed by atoms with van der Waals surface area (Å²) < 4.78 is 20.5. The van der Waals surface area contributed by atoms with Crippen molar-refractivity contribution in [2.75, 3.05) is 4.90 Å². The van der Waals surface area contributed by atoms with E-state index in [-0.39, 0.29) is 23.2 Å². The number of carbonyl (C=O) groups excluding carboxylic acids is 4. The molecule has 1 amide bonds. The van der Waals surface area contributed by atoms with E-state index < -0.39 is 18.1 Å². The van der Waals surface area contributed by atoms with Gasteiger partial charge in [0.25, 0.3) is 0 Å². The van der Waals surface area contributed by atoms with Crippen LogP contribution in [0.1, 0.15) is 33.6 Å². The molecule has 0 bridgehead atoms. The maximum Gasteiger partial charge on any atom is 0.522 e. The number of allylic oxidation sites excluding steroid dienone is 3. The van der Waals surface area contributed by atoms with Crippen LogP contribution in [0.25, 0.3) is 0 Å². The normalized spacial score (nSPS) is 14.5. The minimum absolute atomic E-state index is 0.00324. The Morgan fingerprint density at radius 2 is 1.79 bits per heavy atom. The van der Waals surface area contributed by atoms with Crippen molar-refractivity contribution in [1.82, 2.24) is 0 Å². The average Bonchev–Trinajstić information content (AvgIpc) is 2.60. The Hall–Kier alpha value is -3.62. The summed E-state index contributed by atoms with van der Waals surface area (Å²) in [5, 5.41) is 0. The van der Waals surface area contributed by atoms with Crippen LogP contribution in [0.3, 0.4) is 0 Å². The number of nitrogens with zero attached hydrogens (tertiary/aromatic N) is 1. The van der Waals surface area contributed by atoms with Crippen LogP contribution in [0.15, 0.2) is 35.7 Å². The molecular weight excluding hydrogens is 370 g/mol. The van der Waals surface area contributed by atoms with Gasteiger partial charge >= 0.3 is 18.1 Å². The van der Waals surface area contributed by atoms with Crippen LogP contribution in [0.2, 0.25) is 0 Å². The summed E-state index contributed by atoms with van der Waals surface area (Å²) in [6, 6.07) is 2.86. The molecule has 1 heterocycles. The fourth-order valence-electron chi connectivity index (χ4n) is 2.89. The summed E-state index contributed by atoms with van der Waals surface area (Å²) in [6.45, 7) is 3.59. The highest BCUT2D eigenvalue weighted by Gasteiger charge is 2.34. The number of ether oxygens (including phenoxy) is 4. The number of amides is 1. The van der Waals surface area contributed by atoms with Gasteiger partial charge < -0.3 is 18.9 Å². The van der Waals surface area contributed by atoms with Gasteiger partial charge in [-0.2, -0.15) is 0 Å². The van der Waals surface area contributed by atoms with Gasteiger partial charge in [0.15, 0.2) is 11.5 Å². The van der Waals surface area contributed by atoms with Crippen LogP contribution < -0.4 is 19.1 Å². The summed E-state index contributed by atoms with van der Waals surface area (Å²) in [4.78, 5) is 48.0. The molecular formula is C19H17NO8.